The molecular formula is C16H14Cl2N4O6. The molecule has 0 aliphatic heterocycles. The summed E-state index contributed by atoms with van der Waals surface area (Å²) in [6.07, 6.45) is 0. The van der Waals surface area contributed by atoms with E-state index >= 15 is 0 Å². The highest BCUT2D eigenvalue weighted by Gasteiger charge is 2.38. The molecular weight excluding hydrogens is 415 g/mol. The standard InChI is InChI=1S/C16H14Cl2N4O6/c17-13-5-1-11(2-6-13)15(9-19(23)24)21(27)22(28)16(10-20(25)26)12-3-7-14(18)8-4-12/h1-8,15-16H,9-10H2/b22-21+. The molecule has 0 spiro atoms. The lowest BCUT2D eigenvalue weighted by Gasteiger charge is -2.15. The third-order valence-corrected chi connectivity index (χ3v) is 4.39. The largest absolute Gasteiger partial charge is 0.566 e. The first kappa shape index (κ1) is 21.3. The van der Waals surface area contributed by atoms with Gasteiger partial charge < -0.3 is 10.4 Å². The lowest BCUT2D eigenvalue weighted by Crippen LogP contribution is -2.32. The van der Waals surface area contributed by atoms with Crippen molar-refractivity contribution in [3.63, 3.8) is 0 Å². The van der Waals surface area contributed by atoms with Gasteiger partial charge in [-0.2, -0.15) is 0 Å². The smallest absolute Gasteiger partial charge is 0.317 e. The molecule has 0 radical (unpaired) electrons. The molecule has 0 N–H and O–H groups in total. The van der Waals surface area contributed by atoms with Crippen LogP contribution in [0.5, 0.6) is 0 Å². The molecule has 28 heavy (non-hydrogen) atoms. The van der Waals surface area contributed by atoms with Crippen molar-refractivity contribution < 1.29 is 19.6 Å². The lowest BCUT2D eigenvalue weighted by atomic mass is 10.1. The van der Waals surface area contributed by atoms with E-state index in [0.29, 0.717) is 10.0 Å². The van der Waals surface area contributed by atoms with Gasteiger partial charge in [0.05, 0.1) is 9.72 Å². The summed E-state index contributed by atoms with van der Waals surface area (Å²) in [6, 6.07) is 8.18. The third kappa shape index (κ3) is 5.51. The second-order valence-corrected chi connectivity index (χ2v) is 6.64. The Hall–Kier alpha value is -2.98. The van der Waals surface area contributed by atoms with Crippen molar-refractivity contribution in [2.24, 2.45) is 0 Å². The van der Waals surface area contributed by atoms with Crippen molar-refractivity contribution in [3.05, 3.63) is 100 Å². The molecule has 0 saturated carbocycles. The van der Waals surface area contributed by atoms with E-state index in [1.165, 1.54) is 48.5 Å². The minimum absolute atomic E-state index is 0.158. The molecule has 0 amide bonds. The fourth-order valence-electron chi connectivity index (χ4n) is 2.53. The van der Waals surface area contributed by atoms with Gasteiger partial charge in [-0.1, -0.05) is 47.5 Å². The maximum absolute atomic E-state index is 12.7. The van der Waals surface area contributed by atoms with Gasteiger partial charge in [-0.25, -0.2) is 0 Å². The van der Waals surface area contributed by atoms with Gasteiger partial charge in [-0.15, -0.1) is 0 Å². The number of hydrogen-bond donors (Lipinski definition) is 0. The molecule has 2 rings (SSSR count). The molecule has 2 aromatic carbocycles. The Morgan fingerprint density at radius 1 is 0.643 bits per heavy atom. The van der Waals surface area contributed by atoms with E-state index in [4.69, 9.17) is 23.2 Å². The van der Waals surface area contributed by atoms with Crippen LogP contribution in [-0.4, -0.2) is 32.7 Å². The highest BCUT2D eigenvalue weighted by atomic mass is 35.5. The van der Waals surface area contributed by atoms with Crippen molar-refractivity contribution in [1.29, 1.82) is 0 Å². The SMILES string of the molecule is O=[N+]([O-])CC(c1ccc(Cl)cc1)/[N+]([O-])=[N+](\[O-])C(C[N+](=O)[O-])c1ccc(Cl)cc1. The zero-order valence-corrected chi connectivity index (χ0v) is 15.7. The van der Waals surface area contributed by atoms with E-state index in [-0.39, 0.29) is 20.8 Å². The number of azo groups is 1. The van der Waals surface area contributed by atoms with Gasteiger partial charge in [0.2, 0.25) is 0 Å². The maximum atomic E-state index is 12.7. The van der Waals surface area contributed by atoms with E-state index in [0.717, 1.165) is 0 Å². The maximum Gasteiger partial charge on any atom is 0.317 e. The first-order chi connectivity index (χ1) is 13.2. The summed E-state index contributed by atoms with van der Waals surface area (Å²) in [4.78, 5) is 20.2. The summed E-state index contributed by atoms with van der Waals surface area (Å²) < 4.78 is 0. The van der Waals surface area contributed by atoms with Crippen LogP contribution in [0.1, 0.15) is 23.2 Å². The van der Waals surface area contributed by atoms with Crippen LogP contribution in [0.25, 0.3) is 0 Å². The van der Waals surface area contributed by atoms with E-state index in [1.54, 1.807) is 0 Å². The average Bonchev–Trinajstić information content (AvgIpc) is 2.64. The Kier molecular flexibility index (Phi) is 7.07. The average molecular weight is 429 g/mol. The molecule has 2 unspecified atom stereocenters. The number of nitro groups is 2. The van der Waals surface area contributed by atoms with Gasteiger partial charge >= 0.3 is 12.1 Å². The molecule has 148 valence electrons. The minimum atomic E-state index is -1.49. The van der Waals surface area contributed by atoms with E-state index in [1.807, 2.05) is 0 Å². The molecule has 0 aromatic heterocycles. The van der Waals surface area contributed by atoms with Gasteiger partial charge in [-0.05, 0) is 24.3 Å². The molecule has 10 nitrogen and oxygen atoms in total. The van der Waals surface area contributed by atoms with Crippen molar-refractivity contribution >= 4 is 23.2 Å². The zero-order chi connectivity index (χ0) is 20.8. The van der Waals surface area contributed by atoms with Crippen LogP contribution in [0.3, 0.4) is 0 Å². The second kappa shape index (κ2) is 9.29. The monoisotopic (exact) mass is 428 g/mol. The van der Waals surface area contributed by atoms with E-state index in [2.05, 4.69) is 0 Å². The molecule has 0 heterocycles. The Bertz CT molecular complexity index is 816. The number of nitrogens with zero attached hydrogens (tertiary/aromatic N) is 4. The van der Waals surface area contributed by atoms with Crippen molar-refractivity contribution in [2.45, 2.75) is 12.1 Å². The van der Waals surface area contributed by atoms with Gasteiger partial charge in [-0.3, -0.25) is 20.2 Å². The topological polar surface area (TPSA) is 138 Å². The van der Waals surface area contributed by atoms with Crippen LogP contribution in [0.2, 0.25) is 10.0 Å². The fourth-order valence-corrected chi connectivity index (χ4v) is 2.78. The third-order valence-electron chi connectivity index (χ3n) is 3.88. The number of hydrogen-bond acceptors (Lipinski definition) is 6. The number of halogens is 2. The van der Waals surface area contributed by atoms with E-state index < -0.39 is 35.0 Å². The Labute approximate surface area is 168 Å². The van der Waals surface area contributed by atoms with Crippen LogP contribution in [0.15, 0.2) is 48.5 Å². The van der Waals surface area contributed by atoms with Crippen LogP contribution >= 0.6 is 23.2 Å². The molecule has 2 aromatic rings. The predicted molar refractivity (Wildman–Crippen MR) is 99.4 cm³/mol. The summed E-state index contributed by atoms with van der Waals surface area (Å²) in [7, 11) is 0. The van der Waals surface area contributed by atoms with Crippen LogP contribution in [0, 0.1) is 30.6 Å². The Morgan fingerprint density at radius 2 is 0.929 bits per heavy atom. The molecule has 12 heteroatoms. The zero-order valence-electron chi connectivity index (χ0n) is 14.2. The molecule has 0 aliphatic rings. The normalized spacial score (nSPS) is 14.1. The van der Waals surface area contributed by atoms with Gasteiger partial charge in [0.15, 0.2) is 0 Å². The second-order valence-electron chi connectivity index (χ2n) is 5.77. The van der Waals surface area contributed by atoms with Crippen LogP contribution in [0.4, 0.5) is 0 Å². The van der Waals surface area contributed by atoms with Gasteiger partial charge in [0.25, 0.3) is 13.1 Å². The number of rotatable bonds is 8. The van der Waals surface area contributed by atoms with Crippen molar-refractivity contribution in [1.82, 2.24) is 0 Å². The molecule has 0 aliphatic carbocycles. The number of hydroxylamine groups is 2. The highest BCUT2D eigenvalue weighted by Crippen LogP contribution is 2.24. The summed E-state index contributed by atoms with van der Waals surface area (Å²) >= 11 is 11.6. The first-order valence-electron chi connectivity index (χ1n) is 7.86. The predicted octanol–water partition coefficient (Wildman–Crippen LogP) is 3.80. The molecule has 0 fully saturated rings. The van der Waals surface area contributed by atoms with Crippen molar-refractivity contribution in [3.8, 4) is 0 Å². The number of benzene rings is 2. The van der Waals surface area contributed by atoms with Gasteiger partial charge in [0, 0.05) is 31.0 Å². The summed E-state index contributed by atoms with van der Waals surface area (Å²) in [5.41, 5.74) is 0.348. The minimum Gasteiger partial charge on any atom is -0.566 e. The Balaban J connectivity index is 2.52. The molecule has 0 bridgehead atoms. The fraction of sp³-hybridized carbons (Fsp3) is 0.250. The van der Waals surface area contributed by atoms with Crippen LogP contribution < -0.4 is 0 Å². The van der Waals surface area contributed by atoms with Crippen molar-refractivity contribution in [2.75, 3.05) is 13.1 Å². The molecule has 2 atom stereocenters. The van der Waals surface area contributed by atoms with E-state index in [9.17, 15) is 30.6 Å². The first-order valence-corrected chi connectivity index (χ1v) is 8.61. The lowest BCUT2D eigenvalue weighted by molar-refractivity contribution is -1.01. The summed E-state index contributed by atoms with van der Waals surface area (Å²) in [5.74, 6) is 0. The van der Waals surface area contributed by atoms with Gasteiger partial charge in [0.1, 0.15) is 0 Å². The van der Waals surface area contributed by atoms with Crippen LogP contribution in [-0.2, 0) is 0 Å². The Morgan fingerprint density at radius 3 is 1.18 bits per heavy atom. The highest BCUT2D eigenvalue weighted by molar-refractivity contribution is 6.30. The summed E-state index contributed by atoms with van der Waals surface area (Å²) in [6.45, 7) is -1.76. The molecule has 0 saturated heterocycles. The summed E-state index contributed by atoms with van der Waals surface area (Å²) in [5, 5.41) is 48.0. The quantitative estimate of drug-likeness (QED) is 0.271.